The molecule has 2 aromatic rings. The average Bonchev–Trinajstić information content (AvgIpc) is 3.13. The summed E-state index contributed by atoms with van der Waals surface area (Å²) in [7, 11) is -0.861. The number of rotatable bonds is 7. The van der Waals surface area contributed by atoms with E-state index in [-0.39, 0.29) is 10.5 Å². The van der Waals surface area contributed by atoms with E-state index in [1.807, 2.05) is 17.5 Å². The van der Waals surface area contributed by atoms with Gasteiger partial charge in [0.15, 0.2) is 6.10 Å². The molecule has 0 bridgehead atoms. The summed E-state index contributed by atoms with van der Waals surface area (Å²) in [5.74, 6) is -1.17. The van der Waals surface area contributed by atoms with E-state index in [9.17, 15) is 18.0 Å². The van der Waals surface area contributed by atoms with E-state index >= 15 is 0 Å². The minimum Gasteiger partial charge on any atom is -0.449 e. The first kappa shape index (κ1) is 21.1. The van der Waals surface area contributed by atoms with Gasteiger partial charge in [-0.3, -0.25) is 4.79 Å². The predicted molar refractivity (Wildman–Crippen MR) is 103 cm³/mol. The van der Waals surface area contributed by atoms with Crippen molar-refractivity contribution in [3.8, 4) is 0 Å². The molecule has 0 aliphatic carbocycles. The Bertz CT molecular complexity index is 921. The zero-order chi connectivity index (χ0) is 20.2. The fraction of sp³-hybridized carbons (Fsp3) is 0.333. The van der Waals surface area contributed by atoms with Gasteiger partial charge in [0.2, 0.25) is 10.0 Å². The monoisotopic (exact) mass is 410 g/mol. The van der Waals surface area contributed by atoms with Crippen molar-refractivity contribution in [3.05, 3.63) is 51.7 Å². The lowest BCUT2D eigenvalue weighted by molar-refractivity contribution is -0.129. The Hall–Kier alpha value is -2.23. The van der Waals surface area contributed by atoms with Gasteiger partial charge in [0.1, 0.15) is 0 Å². The Balaban J connectivity index is 2.09. The first-order chi connectivity index (χ1) is 12.6. The highest BCUT2D eigenvalue weighted by Gasteiger charge is 2.23. The normalized spacial score (nSPS) is 12.6. The molecule has 0 unspecified atom stereocenters. The Morgan fingerprint density at radius 2 is 1.96 bits per heavy atom. The number of nitrogens with zero attached hydrogens (tertiary/aromatic N) is 1. The summed E-state index contributed by atoms with van der Waals surface area (Å²) in [6, 6.07) is 8.01. The van der Waals surface area contributed by atoms with Gasteiger partial charge in [-0.2, -0.15) is 0 Å². The Morgan fingerprint density at radius 3 is 2.56 bits per heavy atom. The molecule has 0 aliphatic rings. The third kappa shape index (κ3) is 5.15. The molecule has 1 amide bonds. The minimum atomic E-state index is -3.68. The van der Waals surface area contributed by atoms with Gasteiger partial charge in [0.05, 0.1) is 17.0 Å². The Morgan fingerprint density at radius 1 is 1.26 bits per heavy atom. The van der Waals surface area contributed by atoms with Gasteiger partial charge in [-0.1, -0.05) is 12.1 Å². The standard InChI is InChI=1S/C18H22N2O5S2/c1-12-7-8-15(27(23,24)20(3)4)10-16(12)18(22)25-13(2)17(21)19-11-14-6-5-9-26-14/h5-10,13H,11H2,1-4H3,(H,19,21)/t13-/m0/s1. The third-order valence-corrected chi connectivity index (χ3v) is 6.56. The largest absolute Gasteiger partial charge is 0.449 e. The topological polar surface area (TPSA) is 92.8 Å². The molecule has 1 heterocycles. The maximum Gasteiger partial charge on any atom is 0.339 e. The fourth-order valence-electron chi connectivity index (χ4n) is 2.20. The van der Waals surface area contributed by atoms with Gasteiger partial charge in [0.25, 0.3) is 5.91 Å². The van der Waals surface area contributed by atoms with Crippen molar-refractivity contribution in [2.24, 2.45) is 0 Å². The molecule has 0 saturated heterocycles. The number of hydrogen-bond donors (Lipinski definition) is 1. The van der Waals surface area contributed by atoms with E-state index in [1.165, 1.54) is 50.6 Å². The van der Waals surface area contributed by atoms with Crippen LogP contribution in [0.2, 0.25) is 0 Å². The van der Waals surface area contributed by atoms with Crippen LogP contribution in [0, 0.1) is 6.92 Å². The van der Waals surface area contributed by atoms with E-state index < -0.39 is 28.0 Å². The lowest BCUT2D eigenvalue weighted by Crippen LogP contribution is -2.35. The number of ether oxygens (including phenoxy) is 1. The fourth-order valence-corrected chi connectivity index (χ4v) is 3.77. The van der Waals surface area contributed by atoms with Crippen molar-refractivity contribution < 1.29 is 22.7 Å². The molecule has 1 N–H and O–H groups in total. The zero-order valence-electron chi connectivity index (χ0n) is 15.6. The van der Waals surface area contributed by atoms with E-state index in [4.69, 9.17) is 4.74 Å². The minimum absolute atomic E-state index is 0.0140. The van der Waals surface area contributed by atoms with Crippen LogP contribution in [0.1, 0.15) is 27.7 Å². The second-order valence-electron chi connectivity index (χ2n) is 6.11. The summed E-state index contributed by atoms with van der Waals surface area (Å²) in [4.78, 5) is 25.5. The Kier molecular flexibility index (Phi) is 6.74. The second kappa shape index (κ2) is 8.64. The van der Waals surface area contributed by atoms with E-state index in [1.54, 1.807) is 6.92 Å². The van der Waals surface area contributed by atoms with Gasteiger partial charge in [0, 0.05) is 19.0 Å². The Labute approximate surface area is 163 Å². The summed E-state index contributed by atoms with van der Waals surface area (Å²) >= 11 is 1.51. The van der Waals surface area contributed by atoms with Gasteiger partial charge in [-0.25, -0.2) is 17.5 Å². The molecular formula is C18H22N2O5S2. The molecule has 2 rings (SSSR count). The number of benzene rings is 1. The highest BCUT2D eigenvalue weighted by atomic mass is 32.2. The van der Waals surface area contributed by atoms with Crippen LogP contribution in [-0.2, 0) is 26.1 Å². The van der Waals surface area contributed by atoms with Crippen molar-refractivity contribution >= 4 is 33.2 Å². The SMILES string of the molecule is Cc1ccc(S(=O)(=O)N(C)C)cc1C(=O)O[C@@H](C)C(=O)NCc1cccs1. The van der Waals surface area contributed by atoms with E-state index in [0.29, 0.717) is 12.1 Å². The smallest absolute Gasteiger partial charge is 0.339 e. The quantitative estimate of drug-likeness (QED) is 0.706. The van der Waals surface area contributed by atoms with Crippen LogP contribution in [0.3, 0.4) is 0 Å². The molecule has 0 radical (unpaired) electrons. The molecule has 1 aromatic carbocycles. The highest BCUT2D eigenvalue weighted by molar-refractivity contribution is 7.89. The maximum atomic E-state index is 12.5. The highest BCUT2D eigenvalue weighted by Crippen LogP contribution is 2.19. The summed E-state index contributed by atoms with van der Waals surface area (Å²) in [6.07, 6.45) is -1.01. The van der Waals surface area contributed by atoms with Crippen LogP contribution in [0.15, 0.2) is 40.6 Å². The van der Waals surface area contributed by atoms with Gasteiger partial charge < -0.3 is 10.1 Å². The number of hydrogen-bond acceptors (Lipinski definition) is 6. The lowest BCUT2D eigenvalue weighted by Gasteiger charge is -2.16. The molecule has 9 heteroatoms. The summed E-state index contributed by atoms with van der Waals surface area (Å²) in [6.45, 7) is 3.50. The number of carbonyl (C=O) groups excluding carboxylic acids is 2. The molecule has 1 atom stereocenters. The van der Waals surface area contributed by atoms with Crippen LogP contribution in [0.25, 0.3) is 0 Å². The molecule has 0 spiro atoms. The summed E-state index contributed by atoms with van der Waals surface area (Å²) in [5.41, 5.74) is 0.666. The number of nitrogens with one attached hydrogen (secondary N) is 1. The zero-order valence-corrected chi connectivity index (χ0v) is 17.2. The number of thiophene rings is 1. The number of carbonyl (C=O) groups is 2. The molecular weight excluding hydrogens is 388 g/mol. The molecule has 0 fully saturated rings. The molecule has 1 aromatic heterocycles. The second-order valence-corrected chi connectivity index (χ2v) is 9.29. The van der Waals surface area contributed by atoms with Crippen LogP contribution < -0.4 is 5.32 Å². The maximum absolute atomic E-state index is 12.5. The average molecular weight is 411 g/mol. The van der Waals surface area contributed by atoms with Crippen LogP contribution >= 0.6 is 11.3 Å². The molecule has 146 valence electrons. The van der Waals surface area contributed by atoms with Crippen molar-refractivity contribution in [1.29, 1.82) is 0 Å². The van der Waals surface area contributed by atoms with Crippen molar-refractivity contribution in [2.75, 3.05) is 14.1 Å². The molecule has 0 aliphatic heterocycles. The van der Waals surface area contributed by atoms with Crippen molar-refractivity contribution in [1.82, 2.24) is 9.62 Å². The van der Waals surface area contributed by atoms with Crippen molar-refractivity contribution in [3.63, 3.8) is 0 Å². The van der Waals surface area contributed by atoms with Crippen molar-refractivity contribution in [2.45, 2.75) is 31.4 Å². The first-order valence-electron chi connectivity index (χ1n) is 8.17. The lowest BCUT2D eigenvalue weighted by atomic mass is 10.1. The number of esters is 1. The first-order valence-corrected chi connectivity index (χ1v) is 10.5. The van der Waals surface area contributed by atoms with Crippen LogP contribution in [0.4, 0.5) is 0 Å². The molecule has 7 nitrogen and oxygen atoms in total. The predicted octanol–water partition coefficient (Wildman–Crippen LogP) is 2.17. The van der Waals surface area contributed by atoms with Gasteiger partial charge in [-0.05, 0) is 43.0 Å². The van der Waals surface area contributed by atoms with E-state index in [0.717, 1.165) is 9.18 Å². The summed E-state index contributed by atoms with van der Waals surface area (Å²) in [5, 5.41) is 4.60. The number of sulfonamides is 1. The van der Waals surface area contributed by atoms with E-state index in [2.05, 4.69) is 5.32 Å². The van der Waals surface area contributed by atoms with Crippen LogP contribution in [-0.4, -0.2) is 44.8 Å². The molecule has 27 heavy (non-hydrogen) atoms. The number of amides is 1. The van der Waals surface area contributed by atoms with Gasteiger partial charge >= 0.3 is 5.97 Å². The summed E-state index contributed by atoms with van der Waals surface area (Å²) < 4.78 is 30.8. The van der Waals surface area contributed by atoms with Gasteiger partial charge in [-0.15, -0.1) is 11.3 Å². The number of aryl methyl sites for hydroxylation is 1. The van der Waals surface area contributed by atoms with Crippen LogP contribution in [0.5, 0.6) is 0 Å². The molecule has 0 saturated carbocycles. The third-order valence-electron chi connectivity index (χ3n) is 3.88.